The molecule has 0 aliphatic heterocycles. The molecular formula is C25H26N2O3S. The van der Waals surface area contributed by atoms with Crippen molar-refractivity contribution in [3.63, 3.8) is 0 Å². The molecule has 31 heavy (non-hydrogen) atoms. The largest absolute Gasteiger partial charge is 0.343 e. The van der Waals surface area contributed by atoms with Crippen molar-refractivity contribution in [2.45, 2.75) is 30.6 Å². The number of nitrogens with zero attached hydrogens (tertiary/aromatic N) is 1. The van der Waals surface area contributed by atoms with Crippen LogP contribution in [0.15, 0.2) is 77.7 Å². The van der Waals surface area contributed by atoms with E-state index in [4.69, 9.17) is 0 Å². The lowest BCUT2D eigenvalue weighted by Gasteiger charge is -2.22. The number of fused-ring (bicyclic) bond motifs is 1. The Morgan fingerprint density at radius 3 is 2.45 bits per heavy atom. The van der Waals surface area contributed by atoms with Crippen molar-refractivity contribution in [1.29, 1.82) is 0 Å². The number of carbonyl (C=O) groups is 1. The van der Waals surface area contributed by atoms with Gasteiger partial charge in [0, 0.05) is 19.2 Å². The summed E-state index contributed by atoms with van der Waals surface area (Å²) in [6.07, 6.45) is 2.90. The molecule has 3 aromatic rings. The number of sulfone groups is 1. The summed E-state index contributed by atoms with van der Waals surface area (Å²) in [4.78, 5) is 14.9. The predicted molar refractivity (Wildman–Crippen MR) is 125 cm³/mol. The number of carbonyl (C=O) groups excluding carboxylic acids is 1. The summed E-state index contributed by atoms with van der Waals surface area (Å²) < 4.78 is 25.5. The molecule has 0 unspecified atom stereocenters. The number of benzene rings is 3. The van der Waals surface area contributed by atoms with Gasteiger partial charge in [-0.05, 0) is 66.8 Å². The van der Waals surface area contributed by atoms with Gasteiger partial charge in [0.2, 0.25) is 5.91 Å². The van der Waals surface area contributed by atoms with Gasteiger partial charge in [-0.25, -0.2) is 8.42 Å². The summed E-state index contributed by atoms with van der Waals surface area (Å²) in [5.41, 5.74) is 4.82. The molecule has 1 N–H and O–H groups in total. The third kappa shape index (κ3) is 4.80. The van der Waals surface area contributed by atoms with E-state index in [0.29, 0.717) is 10.6 Å². The molecule has 6 heteroatoms. The first-order valence-electron chi connectivity index (χ1n) is 10.5. The van der Waals surface area contributed by atoms with Crippen LogP contribution in [0.1, 0.15) is 24.0 Å². The maximum absolute atomic E-state index is 12.8. The minimum Gasteiger partial charge on any atom is -0.343 e. The van der Waals surface area contributed by atoms with Crippen molar-refractivity contribution in [1.82, 2.24) is 0 Å². The van der Waals surface area contributed by atoms with Gasteiger partial charge in [0.05, 0.1) is 22.0 Å². The number of nitrogens with one attached hydrogen (secondary N) is 1. The van der Waals surface area contributed by atoms with E-state index in [1.54, 1.807) is 12.1 Å². The molecule has 0 radical (unpaired) electrons. The third-order valence-corrected chi connectivity index (χ3v) is 7.42. The smallest absolute Gasteiger partial charge is 0.225 e. The quantitative estimate of drug-likeness (QED) is 0.583. The van der Waals surface area contributed by atoms with Gasteiger partial charge in [0.1, 0.15) is 0 Å². The molecule has 0 heterocycles. The molecule has 0 saturated heterocycles. The molecule has 1 amide bonds. The number of hydrogen-bond donors (Lipinski definition) is 1. The highest BCUT2D eigenvalue weighted by atomic mass is 32.2. The van der Waals surface area contributed by atoms with Crippen LogP contribution in [0.4, 0.5) is 17.1 Å². The lowest BCUT2D eigenvalue weighted by atomic mass is 10.1. The molecule has 160 valence electrons. The standard InChI is InChI=1S/C25H26N2O3S/c1-27(21-10-3-2-4-11-21)24-13-6-5-12-23(24)26-25(28)16-17-31(29,30)22-15-14-19-8-7-9-20(19)18-22/h2-6,10-15,18H,7-9,16-17H2,1H3,(H,26,28). The second-order valence-electron chi connectivity index (χ2n) is 7.81. The summed E-state index contributed by atoms with van der Waals surface area (Å²) in [6.45, 7) is 0. The van der Waals surface area contributed by atoms with Crippen LogP contribution in [0.5, 0.6) is 0 Å². The number of para-hydroxylation sites is 3. The van der Waals surface area contributed by atoms with Crippen LogP contribution in [0.25, 0.3) is 0 Å². The number of aryl methyl sites for hydroxylation is 2. The van der Waals surface area contributed by atoms with Crippen LogP contribution in [0.3, 0.4) is 0 Å². The molecule has 0 atom stereocenters. The highest BCUT2D eigenvalue weighted by Gasteiger charge is 2.20. The average molecular weight is 435 g/mol. The molecule has 4 rings (SSSR count). The Hall–Kier alpha value is -3.12. The molecule has 0 fully saturated rings. The molecular weight excluding hydrogens is 408 g/mol. The van der Waals surface area contributed by atoms with Gasteiger partial charge in [0.25, 0.3) is 0 Å². The van der Waals surface area contributed by atoms with Gasteiger partial charge in [0.15, 0.2) is 9.84 Å². The summed E-state index contributed by atoms with van der Waals surface area (Å²) in [7, 11) is -1.58. The minimum atomic E-state index is -3.51. The zero-order valence-corrected chi connectivity index (χ0v) is 18.4. The molecule has 3 aromatic carbocycles. The van der Waals surface area contributed by atoms with Crippen LogP contribution in [-0.4, -0.2) is 27.1 Å². The zero-order chi connectivity index (χ0) is 21.8. The van der Waals surface area contributed by atoms with E-state index < -0.39 is 9.84 Å². The van der Waals surface area contributed by atoms with Crippen molar-refractivity contribution in [2.24, 2.45) is 0 Å². The van der Waals surface area contributed by atoms with Crippen LogP contribution in [-0.2, 0) is 27.5 Å². The van der Waals surface area contributed by atoms with Gasteiger partial charge < -0.3 is 10.2 Å². The van der Waals surface area contributed by atoms with E-state index in [2.05, 4.69) is 5.32 Å². The van der Waals surface area contributed by atoms with Crippen molar-refractivity contribution < 1.29 is 13.2 Å². The Balaban J connectivity index is 1.44. The van der Waals surface area contributed by atoms with E-state index in [1.807, 2.05) is 72.6 Å². The number of anilines is 3. The average Bonchev–Trinajstić information content (AvgIpc) is 3.26. The summed E-state index contributed by atoms with van der Waals surface area (Å²) >= 11 is 0. The van der Waals surface area contributed by atoms with Gasteiger partial charge in [-0.3, -0.25) is 4.79 Å². The molecule has 1 aliphatic carbocycles. The highest BCUT2D eigenvalue weighted by molar-refractivity contribution is 7.91. The van der Waals surface area contributed by atoms with E-state index in [9.17, 15) is 13.2 Å². The van der Waals surface area contributed by atoms with Gasteiger partial charge in [-0.2, -0.15) is 0 Å². The minimum absolute atomic E-state index is 0.0944. The first-order chi connectivity index (χ1) is 14.9. The van der Waals surface area contributed by atoms with Crippen LogP contribution >= 0.6 is 0 Å². The normalized spacial score (nSPS) is 12.9. The number of amides is 1. The zero-order valence-electron chi connectivity index (χ0n) is 17.5. The van der Waals surface area contributed by atoms with Crippen LogP contribution in [0.2, 0.25) is 0 Å². The molecule has 0 bridgehead atoms. The van der Waals surface area contributed by atoms with Gasteiger partial charge >= 0.3 is 0 Å². The topological polar surface area (TPSA) is 66.5 Å². The SMILES string of the molecule is CN(c1ccccc1)c1ccccc1NC(=O)CCS(=O)(=O)c1ccc2c(c1)CCC2. The Bertz CT molecular complexity index is 1190. The Kier molecular flexibility index (Phi) is 6.09. The van der Waals surface area contributed by atoms with Gasteiger partial charge in [-0.15, -0.1) is 0 Å². The van der Waals surface area contributed by atoms with Crippen molar-refractivity contribution in [2.75, 3.05) is 23.0 Å². The Morgan fingerprint density at radius 2 is 1.65 bits per heavy atom. The maximum atomic E-state index is 12.8. The third-order valence-electron chi connectivity index (χ3n) is 5.71. The summed E-state index contributed by atoms with van der Waals surface area (Å²) in [6, 6.07) is 22.7. The Labute approximate surface area is 183 Å². The molecule has 0 saturated carbocycles. The lowest BCUT2D eigenvalue weighted by Crippen LogP contribution is -2.19. The van der Waals surface area contributed by atoms with Crippen molar-refractivity contribution in [3.05, 3.63) is 83.9 Å². The van der Waals surface area contributed by atoms with Crippen LogP contribution in [0, 0.1) is 0 Å². The fourth-order valence-corrected chi connectivity index (χ4v) is 5.25. The monoisotopic (exact) mass is 434 g/mol. The van der Waals surface area contributed by atoms with E-state index >= 15 is 0 Å². The summed E-state index contributed by atoms with van der Waals surface area (Å²) in [5, 5.41) is 2.88. The first-order valence-corrected chi connectivity index (χ1v) is 12.1. The Morgan fingerprint density at radius 1 is 0.935 bits per heavy atom. The van der Waals surface area contributed by atoms with Gasteiger partial charge in [-0.1, -0.05) is 36.4 Å². The number of rotatable bonds is 7. The second kappa shape index (κ2) is 8.94. The molecule has 1 aliphatic rings. The fourth-order valence-electron chi connectivity index (χ4n) is 3.96. The van der Waals surface area contributed by atoms with E-state index in [1.165, 1.54) is 5.56 Å². The second-order valence-corrected chi connectivity index (χ2v) is 9.92. The lowest BCUT2D eigenvalue weighted by molar-refractivity contribution is -0.115. The molecule has 0 aromatic heterocycles. The van der Waals surface area contributed by atoms with Crippen molar-refractivity contribution >= 4 is 32.8 Å². The predicted octanol–water partition coefficient (Wildman–Crippen LogP) is 4.75. The summed E-state index contributed by atoms with van der Waals surface area (Å²) in [5.74, 6) is -0.535. The number of hydrogen-bond acceptors (Lipinski definition) is 4. The van der Waals surface area contributed by atoms with Crippen molar-refractivity contribution in [3.8, 4) is 0 Å². The molecule has 5 nitrogen and oxygen atoms in total. The first kappa shape index (κ1) is 21.1. The van der Waals surface area contributed by atoms with E-state index in [-0.39, 0.29) is 18.1 Å². The highest BCUT2D eigenvalue weighted by Crippen LogP contribution is 2.30. The maximum Gasteiger partial charge on any atom is 0.225 e. The van der Waals surface area contributed by atoms with E-state index in [0.717, 1.165) is 36.2 Å². The fraction of sp³-hybridized carbons (Fsp3) is 0.240. The van der Waals surface area contributed by atoms with Crippen LogP contribution < -0.4 is 10.2 Å². The molecule has 0 spiro atoms.